The third kappa shape index (κ3) is 3.46. The van der Waals surface area contributed by atoms with Crippen molar-refractivity contribution in [3.63, 3.8) is 0 Å². The van der Waals surface area contributed by atoms with Gasteiger partial charge in [-0.05, 0) is 24.3 Å². The van der Waals surface area contributed by atoms with E-state index in [1.54, 1.807) is 0 Å². The molecule has 0 amide bonds. The lowest BCUT2D eigenvalue weighted by Gasteiger charge is -2.12. The van der Waals surface area contributed by atoms with E-state index in [2.05, 4.69) is 25.6 Å². The van der Waals surface area contributed by atoms with Crippen LogP contribution in [0.1, 0.15) is 5.82 Å². The monoisotopic (exact) mass is 384 g/mol. The molecule has 4 aromatic rings. The number of fused-ring (bicyclic) bond motifs is 1. The highest BCUT2D eigenvalue weighted by molar-refractivity contribution is 5.80. The zero-order valence-electron chi connectivity index (χ0n) is 14.7. The van der Waals surface area contributed by atoms with Gasteiger partial charge in [-0.15, -0.1) is 0 Å². The first-order chi connectivity index (χ1) is 13.4. The van der Waals surface area contributed by atoms with Gasteiger partial charge in [-0.1, -0.05) is 36.4 Å². The van der Waals surface area contributed by atoms with Crippen LogP contribution < -0.4 is 10.6 Å². The van der Waals surface area contributed by atoms with E-state index in [1.165, 1.54) is 7.05 Å². The second kappa shape index (κ2) is 6.84. The highest BCUT2D eigenvalue weighted by Crippen LogP contribution is 2.32. The van der Waals surface area contributed by atoms with Crippen LogP contribution in [-0.4, -0.2) is 19.5 Å². The van der Waals surface area contributed by atoms with Gasteiger partial charge in [0.1, 0.15) is 0 Å². The van der Waals surface area contributed by atoms with Crippen molar-refractivity contribution in [1.29, 1.82) is 0 Å². The van der Waals surface area contributed by atoms with Gasteiger partial charge in [0, 0.05) is 18.4 Å². The van der Waals surface area contributed by atoms with E-state index in [1.807, 2.05) is 60.7 Å². The lowest BCUT2D eigenvalue weighted by molar-refractivity contribution is -0.146. The van der Waals surface area contributed by atoms with Crippen LogP contribution in [0.15, 0.2) is 60.7 Å². The van der Waals surface area contributed by atoms with Crippen molar-refractivity contribution in [2.45, 2.75) is 6.18 Å². The fraction of sp³-hybridized carbons (Fsp3) is 0.105. The van der Waals surface area contributed by atoms with Crippen molar-refractivity contribution in [3.8, 4) is 0 Å². The minimum Gasteiger partial charge on any atom is -0.337 e. The maximum atomic E-state index is 13.2. The molecule has 4 rings (SSSR count). The number of aryl methyl sites for hydroxylation is 1. The number of hydrogen-bond donors (Lipinski definition) is 2. The second-order valence-corrected chi connectivity index (χ2v) is 6.04. The predicted molar refractivity (Wildman–Crippen MR) is 101 cm³/mol. The summed E-state index contributed by atoms with van der Waals surface area (Å²) in [7, 11) is 1.27. The topological polar surface area (TPSA) is 67.7 Å². The van der Waals surface area contributed by atoms with Crippen LogP contribution >= 0.6 is 0 Å². The van der Waals surface area contributed by atoms with Gasteiger partial charge in [0.15, 0.2) is 22.9 Å². The smallest absolute Gasteiger partial charge is 0.337 e. The summed E-state index contributed by atoms with van der Waals surface area (Å²) in [6, 6.07) is 18.3. The number of aromatic nitrogens is 4. The Bertz CT molecular complexity index is 1110. The zero-order chi connectivity index (χ0) is 19.7. The average Bonchev–Trinajstić information content (AvgIpc) is 3.00. The lowest BCUT2D eigenvalue weighted by Crippen LogP contribution is -2.12. The molecule has 0 bridgehead atoms. The fourth-order valence-corrected chi connectivity index (χ4v) is 2.74. The molecule has 0 aliphatic carbocycles. The van der Waals surface area contributed by atoms with E-state index in [0.717, 1.165) is 15.9 Å². The van der Waals surface area contributed by atoms with E-state index in [9.17, 15) is 13.2 Å². The molecule has 2 aromatic carbocycles. The molecular formula is C19H15F3N6. The van der Waals surface area contributed by atoms with Crippen molar-refractivity contribution >= 4 is 34.3 Å². The van der Waals surface area contributed by atoms with Crippen LogP contribution in [0.4, 0.5) is 36.2 Å². The number of rotatable bonds is 4. The third-order valence-electron chi connectivity index (χ3n) is 4.03. The van der Waals surface area contributed by atoms with Crippen molar-refractivity contribution in [2.24, 2.45) is 7.05 Å². The highest BCUT2D eigenvalue weighted by atomic mass is 19.4. The molecule has 142 valence electrons. The molecule has 6 nitrogen and oxygen atoms in total. The first kappa shape index (κ1) is 17.8. The Morgan fingerprint density at radius 2 is 1.25 bits per heavy atom. The van der Waals surface area contributed by atoms with Gasteiger partial charge >= 0.3 is 6.18 Å². The molecule has 0 fully saturated rings. The Hall–Kier alpha value is -3.62. The van der Waals surface area contributed by atoms with E-state index in [-0.39, 0.29) is 17.1 Å². The molecule has 9 heteroatoms. The molecule has 2 N–H and O–H groups in total. The normalized spacial score (nSPS) is 11.6. The Kier molecular flexibility index (Phi) is 4.34. The molecular weight excluding hydrogens is 369 g/mol. The van der Waals surface area contributed by atoms with E-state index in [0.29, 0.717) is 5.82 Å². The van der Waals surface area contributed by atoms with Crippen molar-refractivity contribution < 1.29 is 13.2 Å². The van der Waals surface area contributed by atoms with E-state index in [4.69, 9.17) is 0 Å². The van der Waals surface area contributed by atoms with E-state index < -0.39 is 12.0 Å². The van der Waals surface area contributed by atoms with Crippen LogP contribution in [0, 0.1) is 0 Å². The number of nitrogens with zero attached hydrogens (tertiary/aromatic N) is 4. The molecule has 0 aliphatic heterocycles. The molecule has 2 aromatic heterocycles. The minimum atomic E-state index is -4.60. The number of imidazole rings is 1. The summed E-state index contributed by atoms with van der Waals surface area (Å²) < 4.78 is 40.5. The lowest BCUT2D eigenvalue weighted by atomic mass is 10.3. The molecule has 2 heterocycles. The largest absolute Gasteiger partial charge is 0.449 e. The summed E-state index contributed by atoms with van der Waals surface area (Å²) in [6.07, 6.45) is -4.60. The number of nitrogens with one attached hydrogen (secondary N) is 2. The number of hydrogen-bond acceptors (Lipinski definition) is 5. The van der Waals surface area contributed by atoms with Crippen molar-refractivity contribution in [3.05, 3.63) is 66.5 Å². The Morgan fingerprint density at radius 1 is 0.750 bits per heavy atom. The first-order valence-corrected chi connectivity index (χ1v) is 8.37. The number of anilines is 4. The van der Waals surface area contributed by atoms with Crippen LogP contribution in [0.2, 0.25) is 0 Å². The van der Waals surface area contributed by atoms with E-state index >= 15 is 0 Å². The maximum absolute atomic E-state index is 13.2. The molecule has 0 radical (unpaired) electrons. The number of halogens is 3. The Labute approximate surface area is 158 Å². The summed E-state index contributed by atoms with van der Waals surface area (Å²) in [4.78, 5) is 12.3. The molecule has 0 saturated carbocycles. The quantitative estimate of drug-likeness (QED) is 0.525. The van der Waals surface area contributed by atoms with Crippen molar-refractivity contribution in [1.82, 2.24) is 19.5 Å². The van der Waals surface area contributed by atoms with Gasteiger partial charge in [0.05, 0.1) is 0 Å². The van der Waals surface area contributed by atoms with Gasteiger partial charge in [-0.25, -0.2) is 15.0 Å². The van der Waals surface area contributed by atoms with Crippen LogP contribution in [-0.2, 0) is 13.2 Å². The molecule has 28 heavy (non-hydrogen) atoms. The van der Waals surface area contributed by atoms with Gasteiger partial charge in [0.2, 0.25) is 5.82 Å². The van der Waals surface area contributed by atoms with Crippen LogP contribution in [0.5, 0.6) is 0 Å². The highest BCUT2D eigenvalue weighted by Gasteiger charge is 2.37. The number of alkyl halides is 3. The van der Waals surface area contributed by atoms with Crippen LogP contribution in [0.3, 0.4) is 0 Å². The predicted octanol–water partition coefficient (Wildman–Crippen LogP) is 4.87. The molecule has 0 atom stereocenters. The molecule has 0 spiro atoms. The summed E-state index contributed by atoms with van der Waals surface area (Å²) >= 11 is 0. The van der Waals surface area contributed by atoms with Gasteiger partial charge in [-0.2, -0.15) is 13.2 Å². The minimum absolute atomic E-state index is 0.0318. The summed E-state index contributed by atoms with van der Waals surface area (Å²) in [5, 5.41) is 6.19. The second-order valence-electron chi connectivity index (χ2n) is 6.04. The first-order valence-electron chi connectivity index (χ1n) is 8.37. The molecule has 0 aliphatic rings. The SMILES string of the molecule is Cn1c(C(F)(F)F)nc2nc(Nc3ccccc3)c(Nc3ccccc3)nc21. The molecule has 0 unspecified atom stereocenters. The summed E-state index contributed by atoms with van der Waals surface area (Å²) in [5.74, 6) is -0.487. The third-order valence-corrected chi connectivity index (χ3v) is 4.03. The van der Waals surface area contributed by atoms with Gasteiger partial charge in [-0.3, -0.25) is 0 Å². The Balaban J connectivity index is 1.85. The summed E-state index contributed by atoms with van der Waals surface area (Å²) in [5.41, 5.74) is 1.39. The molecule has 0 saturated heterocycles. The number of para-hydroxylation sites is 2. The fourth-order valence-electron chi connectivity index (χ4n) is 2.74. The van der Waals surface area contributed by atoms with Crippen molar-refractivity contribution in [2.75, 3.05) is 10.6 Å². The maximum Gasteiger partial charge on any atom is 0.449 e. The van der Waals surface area contributed by atoms with Gasteiger partial charge in [0.25, 0.3) is 0 Å². The Morgan fingerprint density at radius 3 is 1.75 bits per heavy atom. The van der Waals surface area contributed by atoms with Crippen LogP contribution in [0.25, 0.3) is 11.3 Å². The van der Waals surface area contributed by atoms with Gasteiger partial charge < -0.3 is 15.2 Å². The average molecular weight is 384 g/mol. The standard InChI is InChI=1S/C19H15F3N6/c1-28-17-16(27-18(28)19(20,21)22)25-14(23-12-8-4-2-5-9-12)15(26-17)24-13-10-6-3-7-11-13/h2-11H,1H3,(H,23,25)(H,24,26). The summed E-state index contributed by atoms with van der Waals surface area (Å²) in [6.45, 7) is 0. The number of benzene rings is 2. The zero-order valence-corrected chi connectivity index (χ0v) is 14.7.